The van der Waals surface area contributed by atoms with Crippen molar-refractivity contribution in [2.24, 2.45) is 0 Å². The van der Waals surface area contributed by atoms with E-state index in [-0.39, 0.29) is 23.6 Å². The molecule has 0 spiro atoms. The first-order valence-electron chi connectivity index (χ1n) is 9.66. The fraction of sp³-hybridized carbons (Fsp3) is 0.0909. The number of anilines is 1. The Morgan fingerprint density at radius 2 is 1.61 bits per heavy atom. The molecule has 0 aliphatic carbocycles. The van der Waals surface area contributed by atoms with Crippen molar-refractivity contribution in [3.8, 4) is 0 Å². The maximum Gasteiger partial charge on any atom is 0.279 e. The summed E-state index contributed by atoms with van der Waals surface area (Å²) in [7, 11) is 0. The molecule has 0 radical (unpaired) electrons. The summed E-state index contributed by atoms with van der Waals surface area (Å²) >= 11 is 0. The molecule has 0 aliphatic rings. The van der Waals surface area contributed by atoms with E-state index in [4.69, 9.17) is 0 Å². The molecule has 0 saturated heterocycles. The highest BCUT2D eigenvalue weighted by molar-refractivity contribution is 6.02. The number of hydrogen-bond donors (Lipinski definition) is 3. The van der Waals surface area contributed by atoms with E-state index in [9.17, 15) is 29.8 Å². The highest BCUT2D eigenvalue weighted by Crippen LogP contribution is 2.25. The van der Waals surface area contributed by atoms with Gasteiger partial charge < -0.3 is 10.7 Å². The van der Waals surface area contributed by atoms with Crippen molar-refractivity contribution in [3.05, 3.63) is 98.7 Å². The van der Waals surface area contributed by atoms with Gasteiger partial charge in [-0.2, -0.15) is 0 Å². The number of carbonyl (C=O) groups is 2. The summed E-state index contributed by atoms with van der Waals surface area (Å²) in [4.78, 5) is 44.9. The number of nitrogens with zero attached hydrogens (tertiary/aromatic N) is 2. The molecule has 3 aromatic carbocycles. The van der Waals surface area contributed by atoms with Gasteiger partial charge in [0.1, 0.15) is 0 Å². The number of amides is 2. The number of nitrogens with one attached hydrogen (secondary N) is 3. The molecule has 33 heavy (non-hydrogen) atoms. The maximum absolute atomic E-state index is 12.4. The van der Waals surface area contributed by atoms with Crippen LogP contribution in [0.4, 0.5) is 17.1 Å². The molecule has 11 heteroatoms. The molecule has 0 heterocycles. The molecule has 0 aliphatic heterocycles. The number of fused-ring (bicyclic) bond motifs is 1. The number of nitro groups is 2. The fourth-order valence-electron chi connectivity index (χ4n) is 3.13. The maximum atomic E-state index is 12.4. The zero-order chi connectivity index (χ0) is 24.0. The lowest BCUT2D eigenvalue weighted by Crippen LogP contribution is -2.38. The van der Waals surface area contributed by atoms with Crippen molar-refractivity contribution in [1.29, 1.82) is 0 Å². The van der Waals surface area contributed by atoms with E-state index in [1.54, 1.807) is 6.07 Å². The number of rotatable bonds is 9. The average molecular weight is 449 g/mol. The Bertz CT molecular complexity index is 1270. The van der Waals surface area contributed by atoms with Crippen molar-refractivity contribution in [1.82, 2.24) is 10.9 Å². The van der Waals surface area contributed by atoms with Crippen molar-refractivity contribution < 1.29 is 19.4 Å². The van der Waals surface area contributed by atoms with Crippen LogP contribution in [0.25, 0.3) is 10.8 Å². The van der Waals surface area contributed by atoms with E-state index in [2.05, 4.69) is 22.7 Å². The summed E-state index contributed by atoms with van der Waals surface area (Å²) in [6.07, 6.45) is -0.544. The summed E-state index contributed by atoms with van der Waals surface area (Å²) in [5.41, 5.74) is 4.66. The predicted molar refractivity (Wildman–Crippen MR) is 121 cm³/mol. The molecule has 0 saturated carbocycles. The van der Waals surface area contributed by atoms with Crippen LogP contribution in [-0.2, 0) is 16.0 Å². The number of nitro benzene ring substituents is 2. The van der Waals surface area contributed by atoms with Crippen LogP contribution in [0.2, 0.25) is 0 Å². The first-order chi connectivity index (χ1) is 15.7. The second kappa shape index (κ2) is 10.0. The first-order valence-corrected chi connectivity index (χ1v) is 9.66. The zero-order valence-electron chi connectivity index (χ0n) is 17.2. The lowest BCUT2D eigenvalue weighted by molar-refractivity contribution is -0.394. The van der Waals surface area contributed by atoms with E-state index in [1.165, 1.54) is 0 Å². The van der Waals surface area contributed by atoms with E-state index in [0.29, 0.717) is 5.69 Å². The molecule has 3 rings (SSSR count). The van der Waals surface area contributed by atoms with Gasteiger partial charge in [-0.1, -0.05) is 43.0 Å². The molecule has 0 fully saturated rings. The van der Waals surface area contributed by atoms with Crippen LogP contribution in [-0.4, -0.2) is 21.7 Å². The Morgan fingerprint density at radius 1 is 0.879 bits per heavy atom. The van der Waals surface area contributed by atoms with Gasteiger partial charge >= 0.3 is 0 Å². The first kappa shape index (κ1) is 22.9. The second-order valence-corrected chi connectivity index (χ2v) is 7.03. The van der Waals surface area contributed by atoms with Gasteiger partial charge in [0.2, 0.25) is 11.8 Å². The number of benzene rings is 3. The summed E-state index contributed by atoms with van der Waals surface area (Å²) in [6, 6.07) is 16.1. The van der Waals surface area contributed by atoms with E-state index in [0.717, 1.165) is 29.0 Å². The third-order valence-electron chi connectivity index (χ3n) is 4.64. The Kier molecular flexibility index (Phi) is 6.94. The van der Waals surface area contributed by atoms with Crippen LogP contribution in [0.1, 0.15) is 12.0 Å². The Morgan fingerprint density at radius 3 is 2.33 bits per heavy atom. The Hall–Kier alpha value is -4.80. The van der Waals surface area contributed by atoms with Crippen LogP contribution < -0.4 is 16.2 Å². The number of non-ortho nitro benzene ring substituents is 1. The largest absolute Gasteiger partial charge is 0.325 e. The standard InChI is InChI=1S/C22H19N5O6/c1-14(11-21(28)23-19-8-4-6-15-5-2-3-7-18(15)19)24-25-22(29)12-16-9-10-17(26(30)31)13-20(16)27(32)33/h2-10,13,24H,1,11-12H2,(H,23,28)(H,25,29). The number of carbonyl (C=O) groups excluding carboxylic acids is 2. The zero-order valence-corrected chi connectivity index (χ0v) is 17.2. The molecule has 0 atom stereocenters. The van der Waals surface area contributed by atoms with Crippen LogP contribution in [0.5, 0.6) is 0 Å². The quantitative estimate of drug-likeness (QED) is 0.334. The van der Waals surface area contributed by atoms with Crippen molar-refractivity contribution in [2.45, 2.75) is 12.8 Å². The summed E-state index contributed by atoms with van der Waals surface area (Å²) in [6.45, 7) is 3.68. The van der Waals surface area contributed by atoms with Gasteiger partial charge in [-0.25, -0.2) is 0 Å². The number of hydrogen-bond acceptors (Lipinski definition) is 7. The molecule has 0 aromatic heterocycles. The summed E-state index contributed by atoms with van der Waals surface area (Å²) in [5.74, 6) is -1.01. The van der Waals surface area contributed by atoms with Gasteiger partial charge in [-0.05, 0) is 17.5 Å². The van der Waals surface area contributed by atoms with E-state index >= 15 is 0 Å². The summed E-state index contributed by atoms with van der Waals surface area (Å²) in [5, 5.41) is 26.6. The topological polar surface area (TPSA) is 157 Å². The second-order valence-electron chi connectivity index (χ2n) is 7.03. The van der Waals surface area contributed by atoms with Crippen LogP contribution >= 0.6 is 0 Å². The summed E-state index contributed by atoms with van der Waals surface area (Å²) < 4.78 is 0. The average Bonchev–Trinajstić information content (AvgIpc) is 2.78. The molecule has 168 valence electrons. The van der Waals surface area contributed by atoms with Gasteiger partial charge in [-0.3, -0.25) is 35.2 Å². The minimum atomic E-state index is -0.792. The molecule has 0 unspecified atom stereocenters. The minimum Gasteiger partial charge on any atom is -0.325 e. The fourth-order valence-corrected chi connectivity index (χ4v) is 3.13. The monoisotopic (exact) mass is 449 g/mol. The van der Waals surface area contributed by atoms with Crippen LogP contribution in [0, 0.1) is 20.2 Å². The van der Waals surface area contributed by atoms with Gasteiger partial charge in [0.15, 0.2) is 0 Å². The van der Waals surface area contributed by atoms with Crippen molar-refractivity contribution in [3.63, 3.8) is 0 Å². The third-order valence-corrected chi connectivity index (χ3v) is 4.64. The van der Waals surface area contributed by atoms with Crippen molar-refractivity contribution in [2.75, 3.05) is 5.32 Å². The highest BCUT2D eigenvalue weighted by atomic mass is 16.6. The SMILES string of the molecule is C=C(CC(=O)Nc1cccc2ccccc12)NNC(=O)Cc1ccc([N+](=O)[O-])cc1[N+](=O)[O-]. The normalized spacial score (nSPS) is 10.3. The third kappa shape index (κ3) is 5.88. The predicted octanol–water partition coefficient (Wildman–Crippen LogP) is 3.36. The van der Waals surface area contributed by atoms with Gasteiger partial charge in [0.25, 0.3) is 11.4 Å². The lowest BCUT2D eigenvalue weighted by atomic mass is 10.1. The van der Waals surface area contributed by atoms with Crippen LogP contribution in [0.3, 0.4) is 0 Å². The Balaban J connectivity index is 1.54. The molecule has 3 aromatic rings. The van der Waals surface area contributed by atoms with Crippen molar-refractivity contribution >= 4 is 39.6 Å². The van der Waals surface area contributed by atoms with E-state index in [1.807, 2.05) is 36.4 Å². The Labute approximate surface area is 187 Å². The van der Waals surface area contributed by atoms with Gasteiger partial charge in [0, 0.05) is 28.4 Å². The molecule has 3 N–H and O–H groups in total. The molecule has 2 amide bonds. The van der Waals surface area contributed by atoms with E-state index < -0.39 is 33.5 Å². The number of hydrazine groups is 1. The highest BCUT2D eigenvalue weighted by Gasteiger charge is 2.21. The molecular formula is C22H19N5O6. The molecule has 11 nitrogen and oxygen atoms in total. The van der Waals surface area contributed by atoms with Crippen LogP contribution in [0.15, 0.2) is 72.9 Å². The smallest absolute Gasteiger partial charge is 0.279 e. The molecule has 0 bridgehead atoms. The molecular weight excluding hydrogens is 430 g/mol. The van der Waals surface area contributed by atoms with Gasteiger partial charge in [0.05, 0.1) is 28.8 Å². The lowest BCUT2D eigenvalue weighted by Gasteiger charge is -2.12. The minimum absolute atomic E-state index is 0.00390. The van der Waals surface area contributed by atoms with Gasteiger partial charge in [-0.15, -0.1) is 0 Å².